The van der Waals surface area contributed by atoms with Crippen molar-refractivity contribution >= 4 is 5.91 Å². The van der Waals surface area contributed by atoms with Crippen molar-refractivity contribution in [3.63, 3.8) is 0 Å². The molecule has 5 nitrogen and oxygen atoms in total. The maximum atomic E-state index is 12.1. The molecule has 1 unspecified atom stereocenters. The summed E-state index contributed by atoms with van der Waals surface area (Å²) in [5, 5.41) is 10.3. The van der Waals surface area contributed by atoms with E-state index in [2.05, 4.69) is 15.7 Å². The second kappa shape index (κ2) is 4.87. The highest BCUT2D eigenvalue weighted by Crippen LogP contribution is 2.25. The molecule has 1 aromatic rings. The minimum absolute atomic E-state index is 0.133. The average Bonchev–Trinajstić information content (AvgIpc) is 2.73. The second-order valence-corrected chi connectivity index (χ2v) is 5.05. The summed E-state index contributed by atoms with van der Waals surface area (Å²) < 4.78 is 1.74. The Bertz CT molecular complexity index is 393. The molecule has 1 saturated heterocycles. The molecule has 1 aromatic heterocycles. The predicted molar refractivity (Wildman–Crippen MR) is 65.3 cm³/mol. The number of carbonyl (C=O) groups is 1. The normalized spacial score (nSPS) is 24.6. The molecule has 0 aliphatic carbocycles. The van der Waals surface area contributed by atoms with E-state index in [1.54, 1.807) is 10.9 Å². The number of piperidine rings is 1. The lowest BCUT2D eigenvalue weighted by atomic mass is 9.82. The Morgan fingerprint density at radius 2 is 2.53 bits per heavy atom. The third-order valence-corrected chi connectivity index (χ3v) is 3.36. The SMILES string of the molecule is Cn1cc(CNC(=O)C2(C)CCCNC2)cn1. The van der Waals surface area contributed by atoms with Gasteiger partial charge in [-0.1, -0.05) is 0 Å². The molecule has 2 N–H and O–H groups in total. The fraction of sp³-hybridized carbons (Fsp3) is 0.667. The van der Waals surface area contributed by atoms with Crippen LogP contribution in [0.4, 0.5) is 0 Å². The number of hydrogen-bond acceptors (Lipinski definition) is 3. The van der Waals surface area contributed by atoms with Gasteiger partial charge in [0.15, 0.2) is 0 Å². The summed E-state index contributed by atoms with van der Waals surface area (Å²) in [5.74, 6) is 0.133. The molecule has 0 aromatic carbocycles. The summed E-state index contributed by atoms with van der Waals surface area (Å²) in [4.78, 5) is 12.1. The first-order valence-corrected chi connectivity index (χ1v) is 6.07. The molecule has 5 heteroatoms. The van der Waals surface area contributed by atoms with Gasteiger partial charge in [-0.05, 0) is 26.3 Å². The van der Waals surface area contributed by atoms with Gasteiger partial charge in [-0.25, -0.2) is 0 Å². The number of aromatic nitrogens is 2. The molecule has 94 valence electrons. The monoisotopic (exact) mass is 236 g/mol. The molecule has 1 aliphatic rings. The van der Waals surface area contributed by atoms with Crippen LogP contribution in [-0.2, 0) is 18.4 Å². The molecule has 0 saturated carbocycles. The lowest BCUT2D eigenvalue weighted by Gasteiger charge is -2.32. The Labute approximate surface area is 102 Å². The standard InChI is InChI=1S/C12H20N4O/c1-12(4-3-5-13-9-12)11(17)14-6-10-7-15-16(2)8-10/h7-8,13H,3-6,9H2,1-2H3,(H,14,17). The van der Waals surface area contributed by atoms with Gasteiger partial charge in [0.05, 0.1) is 11.6 Å². The third kappa shape index (κ3) is 2.85. The zero-order chi connectivity index (χ0) is 12.3. The van der Waals surface area contributed by atoms with Crippen molar-refractivity contribution in [3.05, 3.63) is 18.0 Å². The largest absolute Gasteiger partial charge is 0.351 e. The fourth-order valence-corrected chi connectivity index (χ4v) is 2.21. The van der Waals surface area contributed by atoms with Crippen LogP contribution < -0.4 is 10.6 Å². The minimum Gasteiger partial charge on any atom is -0.351 e. The van der Waals surface area contributed by atoms with E-state index < -0.39 is 0 Å². The highest BCUT2D eigenvalue weighted by atomic mass is 16.2. The van der Waals surface area contributed by atoms with Crippen molar-refractivity contribution in [2.75, 3.05) is 13.1 Å². The Kier molecular flexibility index (Phi) is 3.47. The third-order valence-electron chi connectivity index (χ3n) is 3.36. The van der Waals surface area contributed by atoms with Gasteiger partial charge in [0, 0.05) is 31.9 Å². The summed E-state index contributed by atoms with van der Waals surface area (Å²) in [5.41, 5.74) is 0.772. The predicted octanol–water partition coefficient (Wildman–Crippen LogP) is 0.426. The zero-order valence-corrected chi connectivity index (χ0v) is 10.5. The summed E-state index contributed by atoms with van der Waals surface area (Å²) >= 11 is 0. The van der Waals surface area contributed by atoms with Crippen LogP contribution in [0.25, 0.3) is 0 Å². The second-order valence-electron chi connectivity index (χ2n) is 5.05. The van der Waals surface area contributed by atoms with Gasteiger partial charge in [0.2, 0.25) is 5.91 Å². The Hall–Kier alpha value is -1.36. The maximum Gasteiger partial charge on any atom is 0.227 e. The molecule has 1 fully saturated rings. The number of rotatable bonds is 3. The molecular weight excluding hydrogens is 216 g/mol. The van der Waals surface area contributed by atoms with E-state index in [1.807, 2.05) is 20.2 Å². The minimum atomic E-state index is -0.263. The van der Waals surface area contributed by atoms with Crippen LogP contribution in [0.15, 0.2) is 12.4 Å². The van der Waals surface area contributed by atoms with Gasteiger partial charge >= 0.3 is 0 Å². The maximum absolute atomic E-state index is 12.1. The number of nitrogens with zero attached hydrogens (tertiary/aromatic N) is 2. The molecule has 0 bridgehead atoms. The van der Waals surface area contributed by atoms with E-state index in [0.717, 1.165) is 31.5 Å². The smallest absolute Gasteiger partial charge is 0.227 e. The Morgan fingerprint density at radius 1 is 1.71 bits per heavy atom. The zero-order valence-electron chi connectivity index (χ0n) is 10.5. The first-order valence-electron chi connectivity index (χ1n) is 6.07. The van der Waals surface area contributed by atoms with Crippen LogP contribution in [0.1, 0.15) is 25.3 Å². The van der Waals surface area contributed by atoms with Crippen LogP contribution >= 0.6 is 0 Å². The summed E-state index contributed by atoms with van der Waals surface area (Å²) in [7, 11) is 1.87. The van der Waals surface area contributed by atoms with Gasteiger partial charge < -0.3 is 10.6 Å². The van der Waals surface area contributed by atoms with Crippen LogP contribution in [0.3, 0.4) is 0 Å². The molecule has 1 amide bonds. The van der Waals surface area contributed by atoms with Crippen LogP contribution in [0.5, 0.6) is 0 Å². The van der Waals surface area contributed by atoms with Crippen LogP contribution in [-0.4, -0.2) is 28.8 Å². The first-order chi connectivity index (χ1) is 8.10. The number of amides is 1. The number of hydrogen-bond donors (Lipinski definition) is 2. The molecule has 0 radical (unpaired) electrons. The van der Waals surface area contributed by atoms with E-state index in [1.165, 1.54) is 0 Å². The van der Waals surface area contributed by atoms with Crippen molar-refractivity contribution in [2.24, 2.45) is 12.5 Å². The van der Waals surface area contributed by atoms with E-state index in [9.17, 15) is 4.79 Å². The fourth-order valence-electron chi connectivity index (χ4n) is 2.21. The van der Waals surface area contributed by atoms with Gasteiger partial charge in [-0.3, -0.25) is 9.48 Å². The van der Waals surface area contributed by atoms with E-state index >= 15 is 0 Å². The lowest BCUT2D eigenvalue weighted by molar-refractivity contribution is -0.131. The van der Waals surface area contributed by atoms with Crippen molar-refractivity contribution in [1.82, 2.24) is 20.4 Å². The molecule has 1 atom stereocenters. The van der Waals surface area contributed by atoms with Crippen molar-refractivity contribution < 1.29 is 4.79 Å². The van der Waals surface area contributed by atoms with Crippen molar-refractivity contribution in [2.45, 2.75) is 26.3 Å². The number of aryl methyl sites for hydroxylation is 1. The van der Waals surface area contributed by atoms with E-state index in [0.29, 0.717) is 6.54 Å². The molecule has 1 aliphatic heterocycles. The van der Waals surface area contributed by atoms with Gasteiger partial charge in [0.25, 0.3) is 0 Å². The molecule has 2 rings (SSSR count). The van der Waals surface area contributed by atoms with Crippen molar-refractivity contribution in [1.29, 1.82) is 0 Å². The average molecular weight is 236 g/mol. The Balaban J connectivity index is 1.88. The summed E-state index contributed by atoms with van der Waals surface area (Å²) in [6.45, 7) is 4.37. The highest BCUT2D eigenvalue weighted by Gasteiger charge is 2.34. The quantitative estimate of drug-likeness (QED) is 0.800. The van der Waals surface area contributed by atoms with Gasteiger partial charge in [0.1, 0.15) is 0 Å². The number of carbonyl (C=O) groups excluding carboxylic acids is 1. The van der Waals surface area contributed by atoms with Gasteiger partial charge in [-0.2, -0.15) is 5.10 Å². The summed E-state index contributed by atoms with van der Waals surface area (Å²) in [6, 6.07) is 0. The highest BCUT2D eigenvalue weighted by molar-refractivity contribution is 5.82. The molecule has 17 heavy (non-hydrogen) atoms. The van der Waals surface area contributed by atoms with Crippen molar-refractivity contribution in [3.8, 4) is 0 Å². The van der Waals surface area contributed by atoms with E-state index in [4.69, 9.17) is 0 Å². The van der Waals surface area contributed by atoms with Crippen LogP contribution in [0.2, 0.25) is 0 Å². The van der Waals surface area contributed by atoms with Crippen LogP contribution in [0, 0.1) is 5.41 Å². The summed E-state index contributed by atoms with van der Waals surface area (Å²) in [6.07, 6.45) is 5.72. The molecule has 0 spiro atoms. The Morgan fingerprint density at radius 3 is 3.12 bits per heavy atom. The molecular formula is C12H20N4O. The molecule has 2 heterocycles. The lowest BCUT2D eigenvalue weighted by Crippen LogP contribution is -2.48. The first kappa shape index (κ1) is 12.1. The van der Waals surface area contributed by atoms with E-state index in [-0.39, 0.29) is 11.3 Å². The van der Waals surface area contributed by atoms with Gasteiger partial charge in [-0.15, -0.1) is 0 Å². The number of nitrogens with one attached hydrogen (secondary N) is 2. The topological polar surface area (TPSA) is 59.0 Å².